The maximum absolute atomic E-state index is 12.4. The van der Waals surface area contributed by atoms with Crippen molar-refractivity contribution in [1.29, 1.82) is 0 Å². The largest absolute Gasteiger partial charge is 0.399 e. The lowest BCUT2D eigenvalue weighted by atomic mass is 10.1. The monoisotopic (exact) mass is 396 g/mol. The standard InChI is InChI=1S/C15H14Br2N2O/c1-19(9-10-2-4-11(16)5-3-10)15(20)13-8-12(18)6-7-14(13)17/h2-8H,9,18H2,1H3. The fourth-order valence-electron chi connectivity index (χ4n) is 1.85. The van der Waals surface area contributed by atoms with Crippen LogP contribution in [0.15, 0.2) is 51.4 Å². The summed E-state index contributed by atoms with van der Waals surface area (Å²) in [5.74, 6) is -0.0629. The molecular formula is C15H14Br2N2O. The first kappa shape index (κ1) is 15.1. The SMILES string of the molecule is CN(Cc1ccc(Br)cc1)C(=O)c1cc(N)ccc1Br. The molecule has 0 aromatic heterocycles. The van der Waals surface area contributed by atoms with Gasteiger partial charge in [0.25, 0.3) is 5.91 Å². The average Bonchev–Trinajstić information content (AvgIpc) is 2.43. The zero-order valence-electron chi connectivity index (χ0n) is 10.9. The first-order valence-electron chi connectivity index (χ1n) is 6.02. The summed E-state index contributed by atoms with van der Waals surface area (Å²) < 4.78 is 1.77. The Morgan fingerprint density at radius 3 is 2.45 bits per heavy atom. The van der Waals surface area contributed by atoms with Gasteiger partial charge in [0.1, 0.15) is 0 Å². The smallest absolute Gasteiger partial charge is 0.255 e. The van der Waals surface area contributed by atoms with Crippen LogP contribution in [0, 0.1) is 0 Å². The molecular weight excluding hydrogens is 384 g/mol. The summed E-state index contributed by atoms with van der Waals surface area (Å²) in [4.78, 5) is 14.1. The number of rotatable bonds is 3. The second kappa shape index (κ2) is 6.41. The maximum atomic E-state index is 12.4. The van der Waals surface area contributed by atoms with Crippen LogP contribution in [0.1, 0.15) is 15.9 Å². The number of amides is 1. The highest BCUT2D eigenvalue weighted by molar-refractivity contribution is 9.10. The fourth-order valence-corrected chi connectivity index (χ4v) is 2.53. The van der Waals surface area contributed by atoms with E-state index in [1.54, 1.807) is 30.1 Å². The molecule has 0 fully saturated rings. The van der Waals surface area contributed by atoms with Gasteiger partial charge < -0.3 is 10.6 Å². The van der Waals surface area contributed by atoms with E-state index in [0.29, 0.717) is 17.8 Å². The van der Waals surface area contributed by atoms with Gasteiger partial charge in [0.05, 0.1) is 5.56 Å². The molecule has 0 saturated heterocycles. The Hall–Kier alpha value is -1.33. The first-order chi connectivity index (χ1) is 9.47. The molecule has 0 spiro atoms. The molecule has 0 heterocycles. The number of nitrogen functional groups attached to an aromatic ring is 1. The van der Waals surface area contributed by atoms with Crippen molar-refractivity contribution < 1.29 is 4.79 Å². The van der Waals surface area contributed by atoms with Gasteiger partial charge in [0.15, 0.2) is 0 Å². The van der Waals surface area contributed by atoms with Gasteiger partial charge in [0, 0.05) is 28.2 Å². The Labute approximate surface area is 135 Å². The molecule has 5 heteroatoms. The van der Waals surface area contributed by atoms with Crippen molar-refractivity contribution in [3.05, 3.63) is 62.5 Å². The number of carbonyl (C=O) groups excluding carboxylic acids is 1. The predicted octanol–water partition coefficient (Wildman–Crippen LogP) is 4.07. The molecule has 0 unspecified atom stereocenters. The van der Waals surface area contributed by atoms with Gasteiger partial charge in [-0.2, -0.15) is 0 Å². The predicted molar refractivity (Wildman–Crippen MR) is 88.5 cm³/mol. The number of anilines is 1. The maximum Gasteiger partial charge on any atom is 0.255 e. The normalized spacial score (nSPS) is 10.3. The van der Waals surface area contributed by atoms with Gasteiger partial charge in [0.2, 0.25) is 0 Å². The third-order valence-corrected chi connectivity index (χ3v) is 4.12. The Bertz CT molecular complexity index is 626. The zero-order valence-corrected chi connectivity index (χ0v) is 14.1. The number of hydrogen-bond donors (Lipinski definition) is 1. The van der Waals surface area contributed by atoms with Gasteiger partial charge in [-0.25, -0.2) is 0 Å². The molecule has 0 aliphatic heterocycles. The van der Waals surface area contributed by atoms with E-state index in [1.807, 2.05) is 24.3 Å². The molecule has 2 aromatic rings. The van der Waals surface area contributed by atoms with Crippen LogP contribution in [0.4, 0.5) is 5.69 Å². The van der Waals surface area contributed by atoms with E-state index >= 15 is 0 Å². The van der Waals surface area contributed by atoms with Gasteiger partial charge in [-0.05, 0) is 51.8 Å². The molecule has 2 rings (SSSR count). The van der Waals surface area contributed by atoms with Crippen molar-refractivity contribution in [3.63, 3.8) is 0 Å². The third kappa shape index (κ3) is 3.61. The lowest BCUT2D eigenvalue weighted by Gasteiger charge is -2.18. The highest BCUT2D eigenvalue weighted by Gasteiger charge is 2.15. The second-order valence-corrected chi connectivity index (χ2v) is 6.30. The Morgan fingerprint density at radius 2 is 1.80 bits per heavy atom. The quantitative estimate of drug-likeness (QED) is 0.793. The minimum absolute atomic E-state index is 0.0629. The highest BCUT2D eigenvalue weighted by Crippen LogP contribution is 2.21. The van der Waals surface area contributed by atoms with Crippen molar-refractivity contribution in [3.8, 4) is 0 Å². The van der Waals surface area contributed by atoms with Crippen molar-refractivity contribution >= 4 is 43.5 Å². The number of nitrogens with two attached hydrogens (primary N) is 1. The van der Waals surface area contributed by atoms with Crippen molar-refractivity contribution in [2.24, 2.45) is 0 Å². The van der Waals surface area contributed by atoms with Gasteiger partial charge in [-0.15, -0.1) is 0 Å². The van der Waals surface area contributed by atoms with Gasteiger partial charge in [-0.1, -0.05) is 28.1 Å². The van der Waals surface area contributed by atoms with Crippen LogP contribution in [0.5, 0.6) is 0 Å². The van der Waals surface area contributed by atoms with Crippen LogP contribution < -0.4 is 5.73 Å². The second-order valence-electron chi connectivity index (χ2n) is 4.53. The Kier molecular flexibility index (Phi) is 4.83. The van der Waals surface area contributed by atoms with Crippen LogP contribution in [-0.2, 0) is 6.54 Å². The molecule has 104 valence electrons. The van der Waals surface area contributed by atoms with E-state index in [1.165, 1.54) is 0 Å². The van der Waals surface area contributed by atoms with Crippen LogP contribution in [0.2, 0.25) is 0 Å². The lowest BCUT2D eigenvalue weighted by molar-refractivity contribution is 0.0784. The lowest BCUT2D eigenvalue weighted by Crippen LogP contribution is -2.26. The summed E-state index contributed by atoms with van der Waals surface area (Å²) >= 11 is 6.78. The Balaban J connectivity index is 2.16. The average molecular weight is 398 g/mol. The molecule has 2 aromatic carbocycles. The summed E-state index contributed by atoms with van der Waals surface area (Å²) in [6.45, 7) is 0.549. The molecule has 0 aliphatic rings. The molecule has 3 nitrogen and oxygen atoms in total. The van der Waals surface area contributed by atoms with Crippen molar-refractivity contribution in [2.75, 3.05) is 12.8 Å². The van der Waals surface area contributed by atoms with E-state index < -0.39 is 0 Å². The minimum Gasteiger partial charge on any atom is -0.399 e. The van der Waals surface area contributed by atoms with E-state index in [-0.39, 0.29) is 5.91 Å². The highest BCUT2D eigenvalue weighted by atomic mass is 79.9. The number of nitrogens with zero attached hydrogens (tertiary/aromatic N) is 1. The van der Waals surface area contributed by atoms with Crippen molar-refractivity contribution in [2.45, 2.75) is 6.54 Å². The van der Waals surface area contributed by atoms with Gasteiger partial charge >= 0.3 is 0 Å². The third-order valence-electron chi connectivity index (χ3n) is 2.90. The minimum atomic E-state index is -0.0629. The Morgan fingerprint density at radius 1 is 1.15 bits per heavy atom. The molecule has 0 radical (unpaired) electrons. The number of halogens is 2. The molecule has 0 bridgehead atoms. The number of carbonyl (C=O) groups is 1. The molecule has 0 atom stereocenters. The van der Waals surface area contributed by atoms with E-state index in [4.69, 9.17) is 5.73 Å². The van der Waals surface area contributed by atoms with Crippen molar-refractivity contribution in [1.82, 2.24) is 4.90 Å². The summed E-state index contributed by atoms with van der Waals surface area (Å²) in [6, 6.07) is 13.1. The molecule has 0 saturated carbocycles. The molecule has 20 heavy (non-hydrogen) atoms. The zero-order chi connectivity index (χ0) is 14.7. The van der Waals surface area contributed by atoms with E-state index in [0.717, 1.165) is 14.5 Å². The summed E-state index contributed by atoms with van der Waals surface area (Å²) in [5.41, 5.74) is 7.96. The van der Waals surface area contributed by atoms with Crippen LogP contribution in [0.3, 0.4) is 0 Å². The number of benzene rings is 2. The van der Waals surface area contributed by atoms with E-state index in [9.17, 15) is 4.79 Å². The topological polar surface area (TPSA) is 46.3 Å². The van der Waals surface area contributed by atoms with Crippen LogP contribution in [-0.4, -0.2) is 17.9 Å². The summed E-state index contributed by atoms with van der Waals surface area (Å²) in [6.07, 6.45) is 0. The molecule has 1 amide bonds. The van der Waals surface area contributed by atoms with Gasteiger partial charge in [-0.3, -0.25) is 4.79 Å². The summed E-state index contributed by atoms with van der Waals surface area (Å²) in [5, 5.41) is 0. The molecule has 0 aliphatic carbocycles. The van der Waals surface area contributed by atoms with E-state index in [2.05, 4.69) is 31.9 Å². The fraction of sp³-hybridized carbons (Fsp3) is 0.133. The first-order valence-corrected chi connectivity index (χ1v) is 7.61. The molecule has 2 N–H and O–H groups in total. The summed E-state index contributed by atoms with van der Waals surface area (Å²) in [7, 11) is 1.78. The van der Waals surface area contributed by atoms with Crippen LogP contribution >= 0.6 is 31.9 Å². The number of hydrogen-bond acceptors (Lipinski definition) is 2. The van der Waals surface area contributed by atoms with Crippen LogP contribution in [0.25, 0.3) is 0 Å².